The molecule has 0 N–H and O–H groups in total. The van der Waals surface area contributed by atoms with E-state index in [4.69, 9.17) is 0 Å². The van der Waals surface area contributed by atoms with Gasteiger partial charge in [-0.3, -0.25) is 0 Å². The van der Waals surface area contributed by atoms with E-state index in [1.165, 1.54) is 38.5 Å². The van der Waals surface area contributed by atoms with Crippen molar-refractivity contribution in [1.29, 1.82) is 0 Å². The molecule has 0 radical (unpaired) electrons. The molecule has 0 saturated carbocycles. The molecular formula is C12H22. The van der Waals surface area contributed by atoms with Gasteiger partial charge in [-0.15, -0.1) is 0 Å². The molecule has 0 fully saturated rings. The van der Waals surface area contributed by atoms with E-state index in [-0.39, 0.29) is 0 Å². The molecule has 0 aliphatic rings. The normalized spacial score (nSPS) is 11.8. The van der Waals surface area contributed by atoms with Crippen LogP contribution in [-0.2, 0) is 0 Å². The Morgan fingerprint density at radius 2 is 0.917 bits per heavy atom. The maximum Gasteiger partial charge on any atom is -0.0316 e. The summed E-state index contributed by atoms with van der Waals surface area (Å²) in [5.41, 5.74) is 0. The minimum absolute atomic E-state index is 1.21. The molecule has 0 rings (SSSR count). The largest absolute Gasteiger partial charge is 0.0885 e. The fourth-order valence-electron chi connectivity index (χ4n) is 0.997. The average Bonchev–Trinajstić information content (AvgIpc) is 2.10. The predicted molar refractivity (Wildman–Crippen MR) is 57.3 cm³/mol. The molecule has 0 heteroatoms. The Bertz CT molecular complexity index is 104. The van der Waals surface area contributed by atoms with Gasteiger partial charge < -0.3 is 0 Å². The van der Waals surface area contributed by atoms with Crippen molar-refractivity contribution in [3.05, 3.63) is 24.3 Å². The quantitative estimate of drug-likeness (QED) is 0.386. The molecule has 0 aromatic heterocycles. The van der Waals surface area contributed by atoms with Crippen LogP contribution in [0.1, 0.15) is 52.4 Å². The van der Waals surface area contributed by atoms with Gasteiger partial charge in [0, 0.05) is 0 Å². The lowest BCUT2D eigenvalue weighted by molar-refractivity contribution is 0.931. The molecule has 0 saturated heterocycles. The Morgan fingerprint density at radius 1 is 0.583 bits per heavy atom. The zero-order valence-corrected chi connectivity index (χ0v) is 8.55. The molecule has 0 spiro atoms. The van der Waals surface area contributed by atoms with Gasteiger partial charge in [0.05, 0.1) is 0 Å². The van der Waals surface area contributed by atoms with E-state index in [0.717, 1.165) is 0 Å². The van der Waals surface area contributed by atoms with Crippen molar-refractivity contribution in [2.24, 2.45) is 0 Å². The fourth-order valence-corrected chi connectivity index (χ4v) is 0.997. The van der Waals surface area contributed by atoms with Gasteiger partial charge in [0.2, 0.25) is 0 Å². The van der Waals surface area contributed by atoms with Crippen LogP contribution >= 0.6 is 0 Å². The first-order chi connectivity index (χ1) is 5.91. The topological polar surface area (TPSA) is 0 Å². The molecule has 0 unspecified atom stereocenters. The van der Waals surface area contributed by atoms with Gasteiger partial charge in [-0.1, -0.05) is 51.0 Å². The minimum atomic E-state index is 1.21. The van der Waals surface area contributed by atoms with Crippen molar-refractivity contribution in [3.8, 4) is 0 Å². The molecule has 0 aliphatic heterocycles. The molecule has 0 heterocycles. The Labute approximate surface area is 77.4 Å². The van der Waals surface area contributed by atoms with E-state index in [1.807, 2.05) is 0 Å². The van der Waals surface area contributed by atoms with Crippen molar-refractivity contribution >= 4 is 0 Å². The summed E-state index contributed by atoms with van der Waals surface area (Å²) in [6.07, 6.45) is 16.6. The van der Waals surface area contributed by atoms with Gasteiger partial charge in [-0.05, 0) is 25.7 Å². The molecule has 0 aliphatic carbocycles. The summed E-state index contributed by atoms with van der Waals surface area (Å²) in [4.78, 5) is 0. The average molecular weight is 166 g/mol. The Balaban J connectivity index is 3.09. The Morgan fingerprint density at radius 3 is 1.25 bits per heavy atom. The van der Waals surface area contributed by atoms with Crippen LogP contribution in [0, 0.1) is 0 Å². The molecular weight excluding hydrogens is 144 g/mol. The highest BCUT2D eigenvalue weighted by Gasteiger charge is 1.77. The molecule has 0 nitrogen and oxygen atoms in total. The van der Waals surface area contributed by atoms with Gasteiger partial charge in [0.15, 0.2) is 0 Å². The molecule has 0 atom stereocenters. The molecule has 0 aromatic carbocycles. The zero-order chi connectivity index (χ0) is 9.07. The van der Waals surface area contributed by atoms with Crippen LogP contribution in [-0.4, -0.2) is 0 Å². The van der Waals surface area contributed by atoms with Crippen molar-refractivity contribution < 1.29 is 0 Å². The Hall–Kier alpha value is -0.520. The second-order valence-electron chi connectivity index (χ2n) is 3.10. The van der Waals surface area contributed by atoms with E-state index in [2.05, 4.69) is 38.2 Å². The lowest BCUT2D eigenvalue weighted by Gasteiger charge is -1.87. The summed E-state index contributed by atoms with van der Waals surface area (Å²) in [7, 11) is 0. The minimum Gasteiger partial charge on any atom is -0.0885 e. The lowest BCUT2D eigenvalue weighted by Crippen LogP contribution is -1.67. The first-order valence-electron chi connectivity index (χ1n) is 5.21. The van der Waals surface area contributed by atoms with E-state index in [1.54, 1.807) is 0 Å². The summed E-state index contributed by atoms with van der Waals surface area (Å²) in [5, 5.41) is 0. The number of rotatable bonds is 7. The first kappa shape index (κ1) is 11.5. The van der Waals surface area contributed by atoms with Crippen LogP contribution in [0.2, 0.25) is 0 Å². The van der Waals surface area contributed by atoms with Crippen LogP contribution in [0.25, 0.3) is 0 Å². The summed E-state index contributed by atoms with van der Waals surface area (Å²) in [6.45, 7) is 4.43. The van der Waals surface area contributed by atoms with Gasteiger partial charge in [-0.25, -0.2) is 0 Å². The number of hydrogen-bond donors (Lipinski definition) is 0. The van der Waals surface area contributed by atoms with Crippen LogP contribution in [0.4, 0.5) is 0 Å². The third-order valence-corrected chi connectivity index (χ3v) is 1.74. The van der Waals surface area contributed by atoms with E-state index in [9.17, 15) is 0 Å². The third-order valence-electron chi connectivity index (χ3n) is 1.74. The van der Waals surface area contributed by atoms with Gasteiger partial charge in [-0.2, -0.15) is 0 Å². The maximum absolute atomic E-state index is 2.29. The van der Waals surface area contributed by atoms with Gasteiger partial charge >= 0.3 is 0 Å². The monoisotopic (exact) mass is 166 g/mol. The van der Waals surface area contributed by atoms with Crippen LogP contribution < -0.4 is 0 Å². The van der Waals surface area contributed by atoms with E-state index in [0.29, 0.717) is 0 Å². The molecule has 0 bridgehead atoms. The fraction of sp³-hybridized carbons (Fsp3) is 0.667. The molecule has 0 aromatic rings. The summed E-state index contributed by atoms with van der Waals surface area (Å²) in [6, 6.07) is 0. The van der Waals surface area contributed by atoms with Crippen LogP contribution in [0.15, 0.2) is 24.3 Å². The summed E-state index contributed by atoms with van der Waals surface area (Å²) >= 11 is 0. The summed E-state index contributed by atoms with van der Waals surface area (Å²) in [5.74, 6) is 0. The van der Waals surface area contributed by atoms with Crippen molar-refractivity contribution in [3.63, 3.8) is 0 Å². The van der Waals surface area contributed by atoms with Crippen molar-refractivity contribution in [2.45, 2.75) is 52.4 Å². The standard InChI is InChI=1S/C12H22/c1-3-5-7-9-11-12-10-8-6-4-2/h7-10H,3-6,11-12H2,1-2H3. The first-order valence-corrected chi connectivity index (χ1v) is 5.21. The third kappa shape index (κ3) is 9.48. The predicted octanol–water partition coefficient (Wildman–Crippen LogP) is 4.48. The molecule has 70 valence electrons. The summed E-state index contributed by atoms with van der Waals surface area (Å²) < 4.78 is 0. The lowest BCUT2D eigenvalue weighted by atomic mass is 10.2. The highest BCUT2D eigenvalue weighted by molar-refractivity contribution is 4.87. The zero-order valence-electron chi connectivity index (χ0n) is 8.55. The highest BCUT2D eigenvalue weighted by atomic mass is 13.8. The van der Waals surface area contributed by atoms with E-state index >= 15 is 0 Å². The SMILES string of the molecule is CCCC=CCCC=CCCC. The Kier molecular flexibility index (Phi) is 10.0. The number of allylic oxidation sites excluding steroid dienone is 4. The van der Waals surface area contributed by atoms with Gasteiger partial charge in [0.1, 0.15) is 0 Å². The van der Waals surface area contributed by atoms with Crippen molar-refractivity contribution in [2.75, 3.05) is 0 Å². The van der Waals surface area contributed by atoms with Crippen LogP contribution in [0.5, 0.6) is 0 Å². The van der Waals surface area contributed by atoms with Crippen molar-refractivity contribution in [1.82, 2.24) is 0 Å². The maximum atomic E-state index is 2.29. The van der Waals surface area contributed by atoms with Crippen LogP contribution in [0.3, 0.4) is 0 Å². The highest BCUT2D eigenvalue weighted by Crippen LogP contribution is 1.97. The second-order valence-corrected chi connectivity index (χ2v) is 3.10. The van der Waals surface area contributed by atoms with E-state index < -0.39 is 0 Å². The second kappa shape index (κ2) is 10.5. The smallest absolute Gasteiger partial charge is 0.0316 e. The van der Waals surface area contributed by atoms with Gasteiger partial charge in [0.25, 0.3) is 0 Å². The molecule has 12 heavy (non-hydrogen) atoms. The molecule has 0 amide bonds. The number of hydrogen-bond acceptors (Lipinski definition) is 0. The number of unbranched alkanes of at least 4 members (excludes halogenated alkanes) is 3.